The Bertz CT molecular complexity index is 294. The van der Waals surface area contributed by atoms with Crippen LogP contribution < -0.4 is 5.32 Å². The van der Waals surface area contributed by atoms with Gasteiger partial charge in [0.1, 0.15) is 5.82 Å². The molecule has 0 amide bonds. The van der Waals surface area contributed by atoms with Crippen molar-refractivity contribution in [1.82, 2.24) is 14.9 Å². The first-order valence-electron chi connectivity index (χ1n) is 6.04. The van der Waals surface area contributed by atoms with Crippen LogP contribution in [0, 0.1) is 5.92 Å². The molecule has 0 saturated heterocycles. The highest BCUT2D eigenvalue weighted by atomic mass is 16.3. The van der Waals surface area contributed by atoms with Crippen LogP contribution >= 0.6 is 0 Å². The van der Waals surface area contributed by atoms with Crippen LogP contribution in [0.1, 0.15) is 32.5 Å². The predicted molar refractivity (Wildman–Crippen MR) is 65.0 cm³/mol. The summed E-state index contributed by atoms with van der Waals surface area (Å²) >= 11 is 0. The lowest BCUT2D eigenvalue weighted by atomic mass is 9.97. The Morgan fingerprint density at radius 3 is 2.62 bits per heavy atom. The number of hydrogen-bond donors (Lipinski definition) is 2. The quantitative estimate of drug-likeness (QED) is 0.735. The molecule has 2 N–H and O–H groups in total. The molecule has 0 spiro atoms. The van der Waals surface area contributed by atoms with E-state index in [4.69, 9.17) is 0 Å². The number of aryl methyl sites for hydroxylation is 1. The second kappa shape index (κ2) is 6.66. The molecule has 0 radical (unpaired) electrons. The summed E-state index contributed by atoms with van der Waals surface area (Å²) in [6.45, 7) is 5.59. The Hall–Kier alpha value is -0.870. The second-order valence-corrected chi connectivity index (χ2v) is 4.23. The van der Waals surface area contributed by atoms with Crippen LogP contribution in [0.3, 0.4) is 0 Å². The van der Waals surface area contributed by atoms with Gasteiger partial charge in [0.15, 0.2) is 0 Å². The molecule has 0 aromatic carbocycles. The highest BCUT2D eigenvalue weighted by Crippen LogP contribution is 2.12. The second-order valence-electron chi connectivity index (χ2n) is 4.23. The fourth-order valence-electron chi connectivity index (χ4n) is 1.90. The van der Waals surface area contributed by atoms with Gasteiger partial charge < -0.3 is 15.0 Å². The van der Waals surface area contributed by atoms with Gasteiger partial charge in [-0.25, -0.2) is 4.98 Å². The van der Waals surface area contributed by atoms with E-state index >= 15 is 0 Å². The molecule has 0 bridgehead atoms. The number of aliphatic hydroxyl groups excluding tert-OH is 1. The summed E-state index contributed by atoms with van der Waals surface area (Å²) in [6.07, 6.45) is 5.52. The lowest BCUT2D eigenvalue weighted by Crippen LogP contribution is -2.32. The van der Waals surface area contributed by atoms with E-state index in [9.17, 15) is 5.11 Å². The van der Waals surface area contributed by atoms with Crippen molar-refractivity contribution in [2.45, 2.75) is 39.3 Å². The highest BCUT2D eigenvalue weighted by molar-refractivity contribution is 4.90. The third-order valence-electron chi connectivity index (χ3n) is 3.15. The van der Waals surface area contributed by atoms with Crippen molar-refractivity contribution in [1.29, 1.82) is 0 Å². The average molecular weight is 225 g/mol. The van der Waals surface area contributed by atoms with Crippen LogP contribution in [-0.2, 0) is 13.6 Å². The van der Waals surface area contributed by atoms with E-state index in [0.29, 0.717) is 19.0 Å². The van der Waals surface area contributed by atoms with Gasteiger partial charge >= 0.3 is 0 Å². The molecular formula is C12H23N3O. The normalized spacial score (nSPS) is 13.3. The fraction of sp³-hybridized carbons (Fsp3) is 0.750. The van der Waals surface area contributed by atoms with E-state index in [1.165, 1.54) is 0 Å². The Balaban J connectivity index is 2.27. The zero-order chi connectivity index (χ0) is 12.0. The largest absolute Gasteiger partial charge is 0.392 e. The van der Waals surface area contributed by atoms with Crippen LogP contribution in [0.2, 0.25) is 0 Å². The Morgan fingerprint density at radius 1 is 1.44 bits per heavy atom. The number of rotatable bonds is 7. The molecule has 16 heavy (non-hydrogen) atoms. The Labute approximate surface area is 97.7 Å². The van der Waals surface area contributed by atoms with Crippen LogP contribution in [-0.4, -0.2) is 27.3 Å². The van der Waals surface area contributed by atoms with Crippen LogP contribution in [0.15, 0.2) is 12.4 Å². The molecule has 1 atom stereocenters. The zero-order valence-corrected chi connectivity index (χ0v) is 10.5. The van der Waals surface area contributed by atoms with E-state index in [-0.39, 0.29) is 6.10 Å². The number of aliphatic hydroxyl groups is 1. The molecule has 1 heterocycles. The molecule has 92 valence electrons. The molecular weight excluding hydrogens is 202 g/mol. The van der Waals surface area contributed by atoms with Crippen LogP contribution in [0.25, 0.3) is 0 Å². The molecule has 1 unspecified atom stereocenters. The van der Waals surface area contributed by atoms with E-state index in [1.807, 2.05) is 17.8 Å². The van der Waals surface area contributed by atoms with Gasteiger partial charge in [0.2, 0.25) is 0 Å². The van der Waals surface area contributed by atoms with Crippen molar-refractivity contribution in [2.75, 3.05) is 6.54 Å². The first-order chi connectivity index (χ1) is 7.69. The van der Waals surface area contributed by atoms with Gasteiger partial charge in [-0.05, 0) is 5.92 Å². The number of hydrogen-bond acceptors (Lipinski definition) is 3. The summed E-state index contributed by atoms with van der Waals surface area (Å²) in [4.78, 5) is 4.22. The predicted octanol–water partition coefficient (Wildman–Crippen LogP) is 1.31. The summed E-state index contributed by atoms with van der Waals surface area (Å²) in [7, 11) is 1.97. The molecule has 0 aliphatic rings. The minimum Gasteiger partial charge on any atom is -0.392 e. The van der Waals surface area contributed by atoms with Gasteiger partial charge in [0.05, 0.1) is 12.6 Å². The molecule has 0 aliphatic heterocycles. The first-order valence-corrected chi connectivity index (χ1v) is 6.04. The Kier molecular flexibility index (Phi) is 5.49. The van der Waals surface area contributed by atoms with E-state index in [0.717, 1.165) is 18.7 Å². The lowest BCUT2D eigenvalue weighted by molar-refractivity contribution is 0.101. The Morgan fingerprint density at radius 2 is 2.12 bits per heavy atom. The standard InChI is InChI=1S/C12H23N3O/c1-4-10(5-2)11(16)8-13-9-12-14-6-7-15(12)3/h6-7,10-11,13,16H,4-5,8-9H2,1-3H3. The molecule has 1 aromatic rings. The van der Waals surface area contributed by atoms with Crippen LogP contribution in [0.4, 0.5) is 0 Å². The summed E-state index contributed by atoms with van der Waals surface area (Å²) in [5.74, 6) is 1.39. The minimum absolute atomic E-state index is 0.254. The molecule has 1 rings (SSSR count). The minimum atomic E-state index is -0.254. The zero-order valence-electron chi connectivity index (χ0n) is 10.5. The smallest absolute Gasteiger partial charge is 0.122 e. The van der Waals surface area contributed by atoms with Crippen molar-refractivity contribution >= 4 is 0 Å². The van der Waals surface area contributed by atoms with Crippen molar-refractivity contribution in [3.8, 4) is 0 Å². The summed E-state index contributed by atoms with van der Waals surface area (Å²) in [6, 6.07) is 0. The number of aromatic nitrogens is 2. The van der Waals surface area contributed by atoms with Gasteiger partial charge in [-0.1, -0.05) is 26.7 Å². The number of nitrogens with one attached hydrogen (secondary N) is 1. The maximum absolute atomic E-state index is 9.92. The summed E-state index contributed by atoms with van der Waals surface area (Å²) in [5, 5.41) is 13.2. The SMILES string of the molecule is CCC(CC)C(O)CNCc1nccn1C. The third-order valence-corrected chi connectivity index (χ3v) is 3.15. The molecule has 0 fully saturated rings. The third kappa shape index (κ3) is 3.61. The molecule has 4 heteroatoms. The van der Waals surface area contributed by atoms with Crippen molar-refractivity contribution in [2.24, 2.45) is 13.0 Å². The van der Waals surface area contributed by atoms with E-state index < -0.39 is 0 Å². The first kappa shape index (κ1) is 13.2. The van der Waals surface area contributed by atoms with Crippen molar-refractivity contribution in [3.05, 3.63) is 18.2 Å². The van der Waals surface area contributed by atoms with Gasteiger partial charge in [0, 0.05) is 26.0 Å². The molecule has 4 nitrogen and oxygen atoms in total. The number of nitrogens with zero attached hydrogens (tertiary/aromatic N) is 2. The maximum Gasteiger partial charge on any atom is 0.122 e. The van der Waals surface area contributed by atoms with Crippen LogP contribution in [0.5, 0.6) is 0 Å². The molecule has 0 saturated carbocycles. The topological polar surface area (TPSA) is 50.1 Å². The highest BCUT2D eigenvalue weighted by Gasteiger charge is 2.14. The van der Waals surface area contributed by atoms with Crippen molar-refractivity contribution < 1.29 is 5.11 Å². The number of imidazole rings is 1. The van der Waals surface area contributed by atoms with Gasteiger partial charge in [-0.2, -0.15) is 0 Å². The van der Waals surface area contributed by atoms with Gasteiger partial charge in [-0.15, -0.1) is 0 Å². The monoisotopic (exact) mass is 225 g/mol. The van der Waals surface area contributed by atoms with E-state index in [1.54, 1.807) is 6.20 Å². The van der Waals surface area contributed by atoms with Crippen molar-refractivity contribution in [3.63, 3.8) is 0 Å². The fourth-order valence-corrected chi connectivity index (χ4v) is 1.90. The molecule has 0 aliphatic carbocycles. The van der Waals surface area contributed by atoms with Gasteiger partial charge in [0.25, 0.3) is 0 Å². The van der Waals surface area contributed by atoms with E-state index in [2.05, 4.69) is 24.1 Å². The summed E-state index contributed by atoms with van der Waals surface area (Å²) in [5.41, 5.74) is 0. The summed E-state index contributed by atoms with van der Waals surface area (Å²) < 4.78 is 1.98. The average Bonchev–Trinajstić information content (AvgIpc) is 2.66. The maximum atomic E-state index is 9.92. The van der Waals surface area contributed by atoms with Gasteiger partial charge in [-0.3, -0.25) is 0 Å². The lowest BCUT2D eigenvalue weighted by Gasteiger charge is -2.20. The molecule has 1 aromatic heterocycles.